The lowest BCUT2D eigenvalue weighted by Crippen LogP contribution is -1.91. The fourth-order valence-corrected chi connectivity index (χ4v) is 1.90. The number of non-ortho nitro benzene ring substituents is 1. The van der Waals surface area contributed by atoms with Gasteiger partial charge in [-0.3, -0.25) is 10.1 Å². The average Bonchev–Trinajstić information content (AvgIpc) is 2.26. The average molecular weight is 330 g/mol. The Bertz CT molecular complexity index is 629. The number of nitro groups is 1. The zero-order valence-electron chi connectivity index (χ0n) is 9.27. The first kappa shape index (κ1) is 13.4. The quantitative estimate of drug-likeness (QED) is 0.618. The van der Waals surface area contributed by atoms with E-state index in [9.17, 15) is 18.9 Å². The monoisotopic (exact) mass is 329 g/mol. The van der Waals surface area contributed by atoms with Crippen molar-refractivity contribution in [1.82, 2.24) is 0 Å². The number of benzene rings is 2. The summed E-state index contributed by atoms with van der Waals surface area (Å²) in [6.07, 6.45) is 0. The summed E-state index contributed by atoms with van der Waals surface area (Å²) in [6.45, 7) is 0. The normalized spacial score (nSPS) is 10.3. The molecule has 0 saturated carbocycles. The van der Waals surface area contributed by atoms with Crippen LogP contribution >= 0.6 is 15.9 Å². The molecule has 0 unspecified atom stereocenters. The fraction of sp³-hybridized carbons (Fsp3) is 0. The van der Waals surface area contributed by atoms with Crippen LogP contribution in [0.5, 0.6) is 11.5 Å². The molecule has 4 nitrogen and oxygen atoms in total. The van der Waals surface area contributed by atoms with Gasteiger partial charge in [0.2, 0.25) is 0 Å². The minimum atomic E-state index is -0.792. The molecule has 0 aromatic heterocycles. The number of hydrogen-bond donors (Lipinski definition) is 0. The summed E-state index contributed by atoms with van der Waals surface area (Å²) in [7, 11) is 0. The van der Waals surface area contributed by atoms with Gasteiger partial charge in [-0.05, 0) is 6.07 Å². The molecule has 0 aliphatic heterocycles. The molecule has 0 radical (unpaired) electrons. The van der Waals surface area contributed by atoms with Crippen LogP contribution in [0.1, 0.15) is 0 Å². The summed E-state index contributed by atoms with van der Waals surface area (Å²) in [6, 6.07) is 6.57. The smallest absolute Gasteiger partial charge is 0.274 e. The molecule has 2 aromatic carbocycles. The van der Waals surface area contributed by atoms with Gasteiger partial charge in [0.15, 0.2) is 0 Å². The van der Waals surface area contributed by atoms with E-state index in [1.807, 2.05) is 0 Å². The topological polar surface area (TPSA) is 52.4 Å². The molecule has 0 aliphatic carbocycles. The summed E-state index contributed by atoms with van der Waals surface area (Å²) in [5.41, 5.74) is -0.193. The Morgan fingerprint density at radius 2 is 1.58 bits per heavy atom. The zero-order chi connectivity index (χ0) is 14.0. The van der Waals surface area contributed by atoms with E-state index < -0.39 is 16.6 Å². The summed E-state index contributed by atoms with van der Waals surface area (Å²) >= 11 is 3.09. The van der Waals surface area contributed by atoms with Crippen molar-refractivity contribution in [2.45, 2.75) is 0 Å². The summed E-state index contributed by atoms with van der Waals surface area (Å²) < 4.78 is 31.6. The highest BCUT2D eigenvalue weighted by atomic mass is 79.9. The van der Waals surface area contributed by atoms with Crippen LogP contribution in [-0.4, -0.2) is 4.92 Å². The Balaban J connectivity index is 2.35. The molecule has 2 rings (SSSR count). The van der Waals surface area contributed by atoms with Crippen molar-refractivity contribution in [3.63, 3.8) is 0 Å². The van der Waals surface area contributed by atoms with Crippen molar-refractivity contribution >= 4 is 21.6 Å². The Kier molecular flexibility index (Phi) is 3.75. The highest BCUT2D eigenvalue weighted by molar-refractivity contribution is 9.10. The zero-order valence-corrected chi connectivity index (χ0v) is 10.9. The second-order valence-electron chi connectivity index (χ2n) is 3.61. The summed E-state index contributed by atoms with van der Waals surface area (Å²) in [4.78, 5) is 10.1. The second kappa shape index (κ2) is 5.31. The summed E-state index contributed by atoms with van der Waals surface area (Å²) in [5.74, 6) is -1.56. The van der Waals surface area contributed by atoms with Gasteiger partial charge >= 0.3 is 0 Å². The second-order valence-corrected chi connectivity index (χ2v) is 4.53. The predicted octanol–water partition coefficient (Wildman–Crippen LogP) is 4.43. The van der Waals surface area contributed by atoms with Gasteiger partial charge in [0.1, 0.15) is 23.1 Å². The van der Waals surface area contributed by atoms with Crippen molar-refractivity contribution < 1.29 is 18.4 Å². The molecular formula is C12H6BrF2NO3. The van der Waals surface area contributed by atoms with Crippen LogP contribution in [0, 0.1) is 21.7 Å². The van der Waals surface area contributed by atoms with Gasteiger partial charge in [0, 0.05) is 28.7 Å². The molecule has 0 saturated heterocycles. The first-order valence-electron chi connectivity index (χ1n) is 5.03. The van der Waals surface area contributed by atoms with Crippen LogP contribution in [0.3, 0.4) is 0 Å². The standard InChI is InChI=1S/C12H6BrF2NO3/c13-7-1-10(16(17)18)6-11(2-7)19-12-4-8(14)3-9(15)5-12/h1-6H. The SMILES string of the molecule is O=[N+]([O-])c1cc(Br)cc(Oc2cc(F)cc(F)c2)c1. The van der Waals surface area contributed by atoms with Gasteiger partial charge in [-0.15, -0.1) is 0 Å². The van der Waals surface area contributed by atoms with E-state index in [-0.39, 0.29) is 17.2 Å². The van der Waals surface area contributed by atoms with Gasteiger partial charge in [0.25, 0.3) is 5.69 Å². The Morgan fingerprint density at radius 3 is 2.16 bits per heavy atom. The van der Waals surface area contributed by atoms with Crippen LogP contribution in [-0.2, 0) is 0 Å². The molecule has 98 valence electrons. The Morgan fingerprint density at radius 1 is 1.00 bits per heavy atom. The van der Waals surface area contributed by atoms with Crippen molar-refractivity contribution in [3.05, 3.63) is 62.6 Å². The molecule has 0 atom stereocenters. The third-order valence-electron chi connectivity index (χ3n) is 2.14. The molecule has 0 bridgehead atoms. The predicted molar refractivity (Wildman–Crippen MR) is 67.2 cm³/mol. The minimum Gasteiger partial charge on any atom is -0.457 e. The van der Waals surface area contributed by atoms with E-state index in [2.05, 4.69) is 15.9 Å². The first-order valence-corrected chi connectivity index (χ1v) is 5.82. The molecule has 7 heteroatoms. The molecule has 0 N–H and O–H groups in total. The molecule has 0 aliphatic rings. The van der Waals surface area contributed by atoms with Crippen molar-refractivity contribution in [3.8, 4) is 11.5 Å². The van der Waals surface area contributed by atoms with Gasteiger partial charge < -0.3 is 4.74 Å². The van der Waals surface area contributed by atoms with Crippen LogP contribution in [0.4, 0.5) is 14.5 Å². The third-order valence-corrected chi connectivity index (χ3v) is 2.60. The van der Waals surface area contributed by atoms with Gasteiger partial charge in [-0.1, -0.05) is 15.9 Å². The first-order chi connectivity index (χ1) is 8.94. The van der Waals surface area contributed by atoms with Crippen molar-refractivity contribution in [1.29, 1.82) is 0 Å². The number of nitrogens with zero attached hydrogens (tertiary/aromatic N) is 1. The van der Waals surface area contributed by atoms with Gasteiger partial charge in [0.05, 0.1) is 11.0 Å². The molecule has 19 heavy (non-hydrogen) atoms. The molecule has 0 heterocycles. The van der Waals surface area contributed by atoms with Crippen molar-refractivity contribution in [2.24, 2.45) is 0 Å². The van der Waals surface area contributed by atoms with Crippen LogP contribution in [0.15, 0.2) is 40.9 Å². The highest BCUT2D eigenvalue weighted by Crippen LogP contribution is 2.30. The van der Waals surface area contributed by atoms with E-state index in [4.69, 9.17) is 4.74 Å². The highest BCUT2D eigenvalue weighted by Gasteiger charge is 2.11. The maximum Gasteiger partial charge on any atom is 0.274 e. The van der Waals surface area contributed by atoms with E-state index >= 15 is 0 Å². The Hall–Kier alpha value is -2.02. The molecule has 0 spiro atoms. The number of nitro benzene ring substituents is 1. The van der Waals surface area contributed by atoms with Crippen LogP contribution in [0.25, 0.3) is 0 Å². The fourth-order valence-electron chi connectivity index (χ4n) is 1.44. The number of halogens is 3. The molecule has 0 fully saturated rings. The van der Waals surface area contributed by atoms with Crippen LogP contribution in [0.2, 0.25) is 0 Å². The van der Waals surface area contributed by atoms with Gasteiger partial charge in [-0.25, -0.2) is 8.78 Å². The number of hydrogen-bond acceptors (Lipinski definition) is 3. The molecular weight excluding hydrogens is 324 g/mol. The van der Waals surface area contributed by atoms with Crippen LogP contribution < -0.4 is 4.74 Å². The summed E-state index contributed by atoms with van der Waals surface area (Å²) in [5, 5.41) is 10.7. The lowest BCUT2D eigenvalue weighted by atomic mass is 10.3. The maximum absolute atomic E-state index is 13.0. The van der Waals surface area contributed by atoms with E-state index in [1.165, 1.54) is 12.1 Å². The van der Waals surface area contributed by atoms with Gasteiger partial charge in [-0.2, -0.15) is 0 Å². The number of rotatable bonds is 3. The largest absolute Gasteiger partial charge is 0.457 e. The molecule has 0 amide bonds. The lowest BCUT2D eigenvalue weighted by Gasteiger charge is -2.06. The molecule has 2 aromatic rings. The van der Waals surface area contributed by atoms with E-state index in [0.717, 1.165) is 18.2 Å². The van der Waals surface area contributed by atoms with Crippen molar-refractivity contribution in [2.75, 3.05) is 0 Å². The Labute approximate surface area is 114 Å². The number of ether oxygens (including phenoxy) is 1. The minimum absolute atomic E-state index is 0.0788. The van der Waals surface area contributed by atoms with E-state index in [0.29, 0.717) is 10.5 Å². The maximum atomic E-state index is 13.0. The van der Waals surface area contributed by atoms with E-state index in [1.54, 1.807) is 0 Å². The lowest BCUT2D eigenvalue weighted by molar-refractivity contribution is -0.385. The third kappa shape index (κ3) is 3.47.